The van der Waals surface area contributed by atoms with Crippen molar-refractivity contribution in [1.82, 2.24) is 14.5 Å². The molecule has 1 fully saturated rings. The molecule has 0 radical (unpaired) electrons. The first-order valence-electron chi connectivity index (χ1n) is 10.0. The normalized spacial score (nSPS) is 25.6. The average Bonchev–Trinajstić information content (AvgIpc) is 3.29. The van der Waals surface area contributed by atoms with Gasteiger partial charge in [-0.25, -0.2) is 14.4 Å². The highest BCUT2D eigenvalue weighted by Gasteiger charge is 2.55. The Balaban J connectivity index is 1.38. The summed E-state index contributed by atoms with van der Waals surface area (Å²) in [6, 6.07) is 9.68. The van der Waals surface area contributed by atoms with E-state index in [4.69, 9.17) is 16.2 Å². The van der Waals surface area contributed by atoms with E-state index in [1.54, 1.807) is 47.3 Å². The van der Waals surface area contributed by atoms with E-state index < -0.39 is 30.5 Å². The van der Waals surface area contributed by atoms with Gasteiger partial charge in [-0.15, -0.1) is 0 Å². The number of halogens is 2. The molecule has 0 unspecified atom stereocenters. The molecule has 6 N–H and O–H groups in total. The minimum atomic E-state index is -2.16. The molecule has 10 heteroatoms. The number of benzene rings is 1. The van der Waals surface area contributed by atoms with Crippen LogP contribution in [0.3, 0.4) is 0 Å². The van der Waals surface area contributed by atoms with Gasteiger partial charge in [-0.3, -0.25) is 0 Å². The first-order chi connectivity index (χ1) is 15.3. The Hall–Kier alpha value is -2.95. The van der Waals surface area contributed by atoms with Crippen molar-refractivity contribution in [3.63, 3.8) is 0 Å². The van der Waals surface area contributed by atoms with Gasteiger partial charge in [0, 0.05) is 41.3 Å². The van der Waals surface area contributed by atoms with Gasteiger partial charge in [0.15, 0.2) is 5.67 Å². The topological polar surface area (TPSA) is 132 Å². The minimum Gasteiger partial charge on any atom is -0.490 e. The molecule has 4 atom stereocenters. The SMILES string of the molecule is Nc1nc2cc(OC[C@@]3(F)C[C@@H](n4ccc5c(N)ccnc54)[C@H](O)[C@@H]3O)ccc2cc1Br. The number of nitrogens with zero attached hydrogens (tertiary/aromatic N) is 3. The largest absolute Gasteiger partial charge is 0.490 e. The van der Waals surface area contributed by atoms with Crippen LogP contribution in [0.25, 0.3) is 21.9 Å². The van der Waals surface area contributed by atoms with Gasteiger partial charge < -0.3 is 31.0 Å². The molecule has 0 amide bonds. The van der Waals surface area contributed by atoms with Crippen LogP contribution in [0.15, 0.2) is 53.3 Å². The van der Waals surface area contributed by atoms with Crippen molar-refractivity contribution in [3.8, 4) is 5.75 Å². The summed E-state index contributed by atoms with van der Waals surface area (Å²) in [4.78, 5) is 8.59. The molecule has 5 rings (SSSR count). The third-order valence-corrected chi connectivity index (χ3v) is 6.69. The monoisotopic (exact) mass is 501 g/mol. The maximum absolute atomic E-state index is 15.8. The summed E-state index contributed by atoms with van der Waals surface area (Å²) in [7, 11) is 0. The lowest BCUT2D eigenvalue weighted by Crippen LogP contribution is -2.43. The Morgan fingerprint density at radius 3 is 2.84 bits per heavy atom. The number of fused-ring (bicyclic) bond motifs is 2. The van der Waals surface area contributed by atoms with Gasteiger partial charge in [-0.2, -0.15) is 0 Å². The number of rotatable bonds is 4. The van der Waals surface area contributed by atoms with Crippen molar-refractivity contribution < 1.29 is 19.3 Å². The van der Waals surface area contributed by atoms with E-state index in [0.717, 1.165) is 5.39 Å². The zero-order valence-electron chi connectivity index (χ0n) is 16.8. The van der Waals surface area contributed by atoms with E-state index in [9.17, 15) is 10.2 Å². The number of anilines is 2. The van der Waals surface area contributed by atoms with Gasteiger partial charge in [-0.05, 0) is 46.3 Å². The van der Waals surface area contributed by atoms with E-state index in [0.29, 0.717) is 38.3 Å². The summed E-state index contributed by atoms with van der Waals surface area (Å²) in [5, 5.41) is 22.7. The van der Waals surface area contributed by atoms with Gasteiger partial charge in [-0.1, -0.05) is 0 Å². The van der Waals surface area contributed by atoms with Crippen LogP contribution in [0.1, 0.15) is 12.5 Å². The van der Waals surface area contributed by atoms with E-state index in [1.807, 2.05) is 6.07 Å². The van der Waals surface area contributed by atoms with Crippen molar-refractivity contribution in [3.05, 3.63) is 53.3 Å². The van der Waals surface area contributed by atoms with Gasteiger partial charge in [0.2, 0.25) is 0 Å². The summed E-state index contributed by atoms with van der Waals surface area (Å²) >= 11 is 3.34. The third kappa shape index (κ3) is 3.35. The Morgan fingerprint density at radius 1 is 1.22 bits per heavy atom. The van der Waals surface area contributed by atoms with Crippen LogP contribution in [0.4, 0.5) is 15.9 Å². The Labute approximate surface area is 190 Å². The molecule has 1 aliphatic carbocycles. The first-order valence-corrected chi connectivity index (χ1v) is 10.8. The number of nitrogen functional groups attached to an aromatic ring is 2. The standard InChI is InChI=1S/C22H21BrFN5O3/c23-14-7-11-1-2-12(8-16(11)28-20(14)26)32-10-22(24)9-17(18(30)19(22)31)29-6-4-13-15(25)3-5-27-21(13)29/h1-8,17-19,30-31H,9-10H2,(H2,25,27)(H2,26,28)/t17-,18+,19+,22+/m1/s1. The summed E-state index contributed by atoms with van der Waals surface area (Å²) in [5.74, 6) is 0.719. The lowest BCUT2D eigenvalue weighted by Gasteiger charge is -2.24. The van der Waals surface area contributed by atoms with Crippen LogP contribution in [0.2, 0.25) is 0 Å². The number of hydrogen-bond acceptors (Lipinski definition) is 7. The molecule has 0 saturated heterocycles. The smallest absolute Gasteiger partial charge is 0.175 e. The molecule has 3 aromatic heterocycles. The zero-order valence-corrected chi connectivity index (χ0v) is 18.4. The molecule has 0 aliphatic heterocycles. The van der Waals surface area contributed by atoms with Crippen molar-refractivity contribution in [2.75, 3.05) is 18.1 Å². The molecular formula is C22H21BrFN5O3. The highest BCUT2D eigenvalue weighted by Crippen LogP contribution is 2.43. The second kappa shape index (κ2) is 7.58. The summed E-state index contributed by atoms with van der Waals surface area (Å²) in [5.41, 5.74) is 11.3. The second-order valence-electron chi connectivity index (χ2n) is 8.10. The number of pyridine rings is 2. The first kappa shape index (κ1) is 20.9. The predicted octanol–water partition coefficient (Wildman–Crippen LogP) is 2.97. The molecular weight excluding hydrogens is 481 g/mol. The van der Waals surface area contributed by atoms with Gasteiger partial charge in [0.25, 0.3) is 0 Å². The van der Waals surface area contributed by atoms with Crippen molar-refractivity contribution >= 4 is 49.4 Å². The van der Waals surface area contributed by atoms with E-state index in [-0.39, 0.29) is 6.42 Å². The van der Waals surface area contributed by atoms with Gasteiger partial charge >= 0.3 is 0 Å². The number of aliphatic hydroxyl groups excluding tert-OH is 2. The van der Waals surface area contributed by atoms with Crippen LogP contribution in [-0.4, -0.2) is 49.2 Å². The predicted molar refractivity (Wildman–Crippen MR) is 123 cm³/mol. The van der Waals surface area contributed by atoms with Crippen LogP contribution < -0.4 is 16.2 Å². The van der Waals surface area contributed by atoms with E-state index in [2.05, 4.69) is 25.9 Å². The molecule has 1 aliphatic rings. The Morgan fingerprint density at radius 2 is 2.03 bits per heavy atom. The fraction of sp³-hybridized carbons (Fsp3) is 0.273. The van der Waals surface area contributed by atoms with Crippen LogP contribution in [0, 0.1) is 0 Å². The molecule has 0 bridgehead atoms. The average molecular weight is 502 g/mol. The second-order valence-corrected chi connectivity index (χ2v) is 8.95. The van der Waals surface area contributed by atoms with Crippen molar-refractivity contribution in [1.29, 1.82) is 0 Å². The lowest BCUT2D eigenvalue weighted by atomic mass is 10.0. The quantitative estimate of drug-likeness (QED) is 0.337. The number of hydrogen-bond donors (Lipinski definition) is 4. The van der Waals surface area contributed by atoms with Gasteiger partial charge in [0.1, 0.15) is 36.0 Å². The molecule has 1 aromatic carbocycles. The number of nitrogens with two attached hydrogens (primary N) is 2. The molecule has 4 aromatic rings. The highest BCUT2D eigenvalue weighted by atomic mass is 79.9. The van der Waals surface area contributed by atoms with Crippen molar-refractivity contribution in [2.24, 2.45) is 0 Å². The maximum Gasteiger partial charge on any atom is 0.175 e. The maximum atomic E-state index is 15.8. The summed E-state index contributed by atoms with van der Waals surface area (Å²) in [6.45, 7) is -0.436. The number of aromatic nitrogens is 3. The van der Waals surface area contributed by atoms with E-state index >= 15 is 4.39 Å². The number of alkyl halides is 1. The van der Waals surface area contributed by atoms with Crippen LogP contribution in [0.5, 0.6) is 5.75 Å². The van der Waals surface area contributed by atoms with Gasteiger partial charge in [0.05, 0.1) is 16.0 Å². The molecule has 1 saturated carbocycles. The summed E-state index contributed by atoms with van der Waals surface area (Å²) < 4.78 is 23.8. The molecule has 3 heterocycles. The fourth-order valence-corrected chi connectivity index (χ4v) is 4.62. The zero-order chi connectivity index (χ0) is 22.6. The molecule has 166 valence electrons. The third-order valence-electron chi connectivity index (χ3n) is 6.05. The Kier molecular flexibility index (Phi) is 4.95. The van der Waals surface area contributed by atoms with Crippen LogP contribution in [-0.2, 0) is 0 Å². The number of ether oxygens (including phenoxy) is 1. The van der Waals surface area contributed by atoms with Crippen LogP contribution >= 0.6 is 15.9 Å². The van der Waals surface area contributed by atoms with Crippen molar-refractivity contribution in [2.45, 2.75) is 30.3 Å². The summed E-state index contributed by atoms with van der Waals surface area (Å²) in [6.07, 6.45) is 0.130. The van der Waals surface area contributed by atoms with E-state index in [1.165, 1.54) is 0 Å². The highest BCUT2D eigenvalue weighted by molar-refractivity contribution is 9.10. The molecule has 0 spiro atoms. The lowest BCUT2D eigenvalue weighted by molar-refractivity contribution is -0.0605. The molecule has 32 heavy (non-hydrogen) atoms. The molecule has 8 nitrogen and oxygen atoms in total. The minimum absolute atomic E-state index is 0.151. The number of aliphatic hydroxyl groups is 2. The Bertz CT molecular complexity index is 1330. The fourth-order valence-electron chi connectivity index (χ4n) is 4.29.